The molecule has 0 saturated heterocycles. The molecule has 0 fully saturated rings. The van der Waals surface area contributed by atoms with E-state index in [1.165, 1.54) is 0 Å². The summed E-state index contributed by atoms with van der Waals surface area (Å²) in [4.78, 5) is 27.3. The van der Waals surface area contributed by atoms with Crippen molar-refractivity contribution in [3.05, 3.63) is 0 Å². The Balaban J connectivity index is 2.02. The minimum absolute atomic E-state index is 0.0683. The average Bonchev–Trinajstić information content (AvgIpc) is 2.69. The molecule has 1 aliphatic heterocycles. The lowest BCUT2D eigenvalue weighted by molar-refractivity contribution is 0.0931. The molecule has 11 heteroatoms. The van der Waals surface area contributed by atoms with E-state index in [0.717, 1.165) is 0 Å². The lowest BCUT2D eigenvalue weighted by Crippen LogP contribution is -2.32. The predicted octanol–water partition coefficient (Wildman–Crippen LogP) is -0.629. The molecule has 0 spiro atoms. The van der Waals surface area contributed by atoms with Crippen LogP contribution in [-0.2, 0) is 9.30 Å². The first kappa shape index (κ1) is 14.8. The normalized spacial score (nSPS) is 15.8. The number of rotatable bonds is 5. The summed E-state index contributed by atoms with van der Waals surface area (Å²) < 4.78 is 15.9. The van der Waals surface area contributed by atoms with Crippen molar-refractivity contribution >= 4 is 30.9 Å². The molecule has 1 aromatic rings. The molecule has 1 atom stereocenters. The number of hydrogen-bond acceptors (Lipinski definition) is 8. The van der Waals surface area contributed by atoms with Crippen LogP contribution in [0.5, 0.6) is 0 Å². The highest BCUT2D eigenvalue weighted by molar-refractivity contribution is 7.51. The van der Waals surface area contributed by atoms with E-state index < -0.39 is 20.0 Å². The topological polar surface area (TPSA) is 160 Å². The largest absolute Gasteiger partial charge is 0.382 e. The average molecular weight is 304 g/mol. The Bertz CT molecular complexity index is 549. The fourth-order valence-corrected chi connectivity index (χ4v) is 2.32. The van der Waals surface area contributed by atoms with Crippen molar-refractivity contribution in [3.8, 4) is 0 Å². The summed E-state index contributed by atoms with van der Waals surface area (Å²) in [7, 11) is -4.17. The molecule has 0 aromatic carbocycles. The van der Waals surface area contributed by atoms with Crippen molar-refractivity contribution in [1.82, 2.24) is 9.97 Å². The molecule has 112 valence electrons. The first-order valence-electron chi connectivity index (χ1n) is 5.84. The van der Waals surface area contributed by atoms with Gasteiger partial charge in [0.1, 0.15) is 12.0 Å². The SMILES string of the molecule is C[C@H](CN1CNc2c(N)nc(N)nc21)OCP(=O)(O)O. The van der Waals surface area contributed by atoms with Crippen LogP contribution in [0.25, 0.3) is 0 Å². The number of fused-ring (bicyclic) bond motifs is 1. The fourth-order valence-electron chi connectivity index (χ4n) is 1.87. The molecule has 0 aliphatic carbocycles. The fraction of sp³-hybridized carbons (Fsp3) is 0.556. The molecule has 2 rings (SSSR count). The van der Waals surface area contributed by atoms with Gasteiger partial charge in [-0.25, -0.2) is 0 Å². The molecular weight excluding hydrogens is 287 g/mol. The third kappa shape index (κ3) is 3.48. The van der Waals surface area contributed by atoms with Crippen molar-refractivity contribution in [2.75, 3.05) is 41.2 Å². The van der Waals surface area contributed by atoms with E-state index in [1.807, 2.05) is 4.90 Å². The number of ether oxygens (including phenoxy) is 1. The highest BCUT2D eigenvalue weighted by atomic mass is 31.2. The maximum atomic E-state index is 10.8. The van der Waals surface area contributed by atoms with Gasteiger partial charge in [-0.3, -0.25) is 4.57 Å². The van der Waals surface area contributed by atoms with Crippen LogP contribution < -0.4 is 21.7 Å². The van der Waals surface area contributed by atoms with Crippen LogP contribution in [0, 0.1) is 0 Å². The Hall–Kier alpha value is -1.61. The Morgan fingerprint density at radius 3 is 2.85 bits per heavy atom. The van der Waals surface area contributed by atoms with Crippen LogP contribution in [0.15, 0.2) is 0 Å². The summed E-state index contributed by atoms with van der Waals surface area (Å²) >= 11 is 0. The van der Waals surface area contributed by atoms with Crippen LogP contribution in [0.3, 0.4) is 0 Å². The Morgan fingerprint density at radius 1 is 1.50 bits per heavy atom. The molecule has 0 bridgehead atoms. The number of nitrogens with one attached hydrogen (secondary N) is 1. The molecule has 2 heterocycles. The number of aromatic nitrogens is 2. The summed E-state index contributed by atoms with van der Waals surface area (Å²) in [5.41, 5.74) is 11.9. The van der Waals surface area contributed by atoms with Gasteiger partial charge in [0.2, 0.25) is 5.95 Å². The molecule has 1 aromatic heterocycles. The zero-order chi connectivity index (χ0) is 14.9. The van der Waals surface area contributed by atoms with Gasteiger partial charge in [-0.2, -0.15) is 9.97 Å². The van der Waals surface area contributed by atoms with E-state index in [4.69, 9.17) is 26.0 Å². The van der Waals surface area contributed by atoms with Gasteiger partial charge in [-0.1, -0.05) is 0 Å². The van der Waals surface area contributed by atoms with Gasteiger partial charge in [0.05, 0.1) is 12.8 Å². The van der Waals surface area contributed by atoms with E-state index >= 15 is 0 Å². The monoisotopic (exact) mass is 304 g/mol. The molecule has 0 amide bonds. The van der Waals surface area contributed by atoms with E-state index in [0.29, 0.717) is 24.7 Å². The van der Waals surface area contributed by atoms with E-state index in [-0.39, 0.29) is 11.8 Å². The van der Waals surface area contributed by atoms with E-state index in [1.54, 1.807) is 6.92 Å². The molecule has 10 nitrogen and oxygen atoms in total. The van der Waals surface area contributed by atoms with E-state index in [2.05, 4.69) is 15.3 Å². The molecule has 1 aliphatic rings. The smallest absolute Gasteiger partial charge is 0.350 e. The number of anilines is 4. The summed E-state index contributed by atoms with van der Waals surface area (Å²) in [5.74, 6) is 0.888. The Morgan fingerprint density at radius 2 is 2.20 bits per heavy atom. The summed E-state index contributed by atoms with van der Waals surface area (Å²) in [5, 5.41) is 3.03. The Labute approximate surface area is 115 Å². The van der Waals surface area contributed by atoms with Crippen LogP contribution in [0.4, 0.5) is 23.3 Å². The quantitative estimate of drug-likeness (QED) is 0.443. The zero-order valence-electron chi connectivity index (χ0n) is 10.9. The predicted molar refractivity (Wildman–Crippen MR) is 74.2 cm³/mol. The van der Waals surface area contributed by atoms with Gasteiger partial charge in [0, 0.05) is 6.54 Å². The first-order chi connectivity index (χ1) is 9.26. The maximum Gasteiger partial charge on any atom is 0.350 e. The minimum Gasteiger partial charge on any atom is -0.382 e. The van der Waals surface area contributed by atoms with Gasteiger partial charge in [-0.05, 0) is 6.92 Å². The van der Waals surface area contributed by atoms with Crippen molar-refractivity contribution < 1.29 is 19.1 Å². The van der Waals surface area contributed by atoms with Gasteiger partial charge >= 0.3 is 7.60 Å². The lowest BCUT2D eigenvalue weighted by Gasteiger charge is -2.22. The van der Waals surface area contributed by atoms with Crippen LogP contribution in [0.1, 0.15) is 6.92 Å². The molecule has 0 saturated carbocycles. The van der Waals surface area contributed by atoms with Gasteiger partial charge in [0.25, 0.3) is 0 Å². The third-order valence-electron chi connectivity index (χ3n) is 2.69. The minimum atomic E-state index is -4.17. The van der Waals surface area contributed by atoms with E-state index in [9.17, 15) is 4.57 Å². The highest BCUT2D eigenvalue weighted by Crippen LogP contribution is 2.36. The van der Waals surface area contributed by atoms with Crippen molar-refractivity contribution in [1.29, 1.82) is 0 Å². The number of hydrogen-bond donors (Lipinski definition) is 5. The highest BCUT2D eigenvalue weighted by Gasteiger charge is 2.26. The van der Waals surface area contributed by atoms with Gasteiger partial charge in [0.15, 0.2) is 11.6 Å². The second kappa shape index (κ2) is 5.41. The number of nitrogens with two attached hydrogens (primary N) is 2. The van der Waals surface area contributed by atoms with Crippen molar-refractivity contribution in [2.45, 2.75) is 13.0 Å². The van der Waals surface area contributed by atoms with Gasteiger partial charge in [-0.15, -0.1) is 0 Å². The lowest BCUT2D eigenvalue weighted by atomic mass is 10.3. The Kier molecular flexibility index (Phi) is 4.00. The van der Waals surface area contributed by atoms with Crippen molar-refractivity contribution in [2.24, 2.45) is 0 Å². The molecule has 0 radical (unpaired) electrons. The van der Waals surface area contributed by atoms with Gasteiger partial charge < -0.3 is 36.2 Å². The maximum absolute atomic E-state index is 10.8. The van der Waals surface area contributed by atoms with Crippen LogP contribution in [0.2, 0.25) is 0 Å². The number of nitrogen functional groups attached to an aromatic ring is 2. The second-order valence-electron chi connectivity index (χ2n) is 4.49. The first-order valence-corrected chi connectivity index (χ1v) is 7.64. The van der Waals surface area contributed by atoms with Crippen LogP contribution >= 0.6 is 7.60 Å². The molecular formula is C9H17N6O4P. The molecule has 20 heavy (non-hydrogen) atoms. The van der Waals surface area contributed by atoms with Crippen molar-refractivity contribution in [3.63, 3.8) is 0 Å². The molecule has 0 unspecified atom stereocenters. The second-order valence-corrected chi connectivity index (χ2v) is 6.08. The number of nitrogens with zero attached hydrogens (tertiary/aromatic N) is 3. The summed E-state index contributed by atoms with van der Waals surface area (Å²) in [6, 6.07) is 0. The summed E-state index contributed by atoms with van der Waals surface area (Å²) in [6.45, 7) is 2.54. The molecule has 7 N–H and O–H groups in total. The standard InChI is InChI=1S/C9H17N6O4P/c1-5(19-4-20(16,17)18)2-15-3-12-6-7(10)13-9(11)14-8(6)15/h5,12H,2-4H2,1H3,(H2,16,17,18)(H4,10,11,13,14)/t5-/m1/s1. The van der Waals surface area contributed by atoms with Crippen LogP contribution in [-0.4, -0.2) is 45.4 Å². The third-order valence-corrected chi connectivity index (χ3v) is 3.17. The summed E-state index contributed by atoms with van der Waals surface area (Å²) in [6.07, 6.45) is -1.01. The zero-order valence-corrected chi connectivity index (χ0v) is 11.7.